The van der Waals surface area contributed by atoms with Gasteiger partial charge in [0.2, 0.25) is 0 Å². The molecule has 0 bridgehead atoms. The normalized spacial score (nSPS) is 12.4. The van der Waals surface area contributed by atoms with Crippen molar-refractivity contribution in [3.63, 3.8) is 0 Å². The highest BCUT2D eigenvalue weighted by molar-refractivity contribution is 6.01. The van der Waals surface area contributed by atoms with Crippen LogP contribution in [0.3, 0.4) is 0 Å². The second-order valence-corrected chi connectivity index (χ2v) is 5.10. The smallest absolute Gasteiger partial charge is 0.175 e. The number of carbonyl (C=O) groups is 1. The van der Waals surface area contributed by atoms with Crippen molar-refractivity contribution in [2.75, 3.05) is 20.6 Å². The number of quaternary nitrogens is 1. The molecule has 0 aliphatic heterocycles. The summed E-state index contributed by atoms with van der Waals surface area (Å²) in [5.41, 5.74) is 1.88. The molecule has 0 aromatic heterocycles. The number of rotatable bonds is 5. The zero-order valence-corrected chi connectivity index (χ0v) is 11.5. The van der Waals surface area contributed by atoms with Crippen molar-refractivity contribution in [1.82, 2.24) is 0 Å². The van der Waals surface area contributed by atoms with Gasteiger partial charge >= 0.3 is 0 Å². The lowest BCUT2D eigenvalue weighted by atomic mass is 9.90. The van der Waals surface area contributed by atoms with Gasteiger partial charge in [-0.3, -0.25) is 4.79 Å². The van der Waals surface area contributed by atoms with E-state index >= 15 is 0 Å². The van der Waals surface area contributed by atoms with Crippen LogP contribution >= 0.6 is 0 Å². The summed E-state index contributed by atoms with van der Waals surface area (Å²) >= 11 is 0. The minimum atomic E-state index is -0.0754. The number of likely N-dealkylation sites (N-methyl/N-ethyl adjacent to an activating group) is 1. The Morgan fingerprint density at radius 2 is 1.47 bits per heavy atom. The SMILES string of the molecule is C[NH+](C)C[C@@H](C(=O)c1ccccc1)c1ccccc1. The van der Waals surface area contributed by atoms with E-state index in [9.17, 15) is 4.79 Å². The molecule has 0 fully saturated rings. The van der Waals surface area contributed by atoms with Crippen LogP contribution in [0, 0.1) is 0 Å². The number of carbonyl (C=O) groups excluding carboxylic acids is 1. The number of nitrogens with one attached hydrogen (secondary N) is 1. The molecular formula is C17H20NO+. The quantitative estimate of drug-likeness (QED) is 0.807. The molecule has 0 aliphatic carbocycles. The van der Waals surface area contributed by atoms with Crippen LogP contribution in [-0.2, 0) is 0 Å². The van der Waals surface area contributed by atoms with E-state index in [-0.39, 0.29) is 11.7 Å². The first kappa shape index (κ1) is 13.5. The first-order valence-electron chi connectivity index (χ1n) is 6.61. The molecule has 0 unspecified atom stereocenters. The Bertz CT molecular complexity index is 519. The van der Waals surface area contributed by atoms with Crippen LogP contribution in [0.15, 0.2) is 60.7 Å². The van der Waals surface area contributed by atoms with Crippen LogP contribution < -0.4 is 4.90 Å². The Morgan fingerprint density at radius 3 is 2.00 bits per heavy atom. The predicted octanol–water partition coefficient (Wildman–Crippen LogP) is 1.80. The van der Waals surface area contributed by atoms with E-state index in [2.05, 4.69) is 14.1 Å². The summed E-state index contributed by atoms with van der Waals surface area (Å²) in [6, 6.07) is 19.6. The summed E-state index contributed by atoms with van der Waals surface area (Å²) in [4.78, 5) is 13.9. The fourth-order valence-corrected chi connectivity index (χ4v) is 2.26. The maximum Gasteiger partial charge on any atom is 0.175 e. The Kier molecular flexibility index (Phi) is 4.48. The average molecular weight is 254 g/mol. The number of hydrogen-bond donors (Lipinski definition) is 1. The van der Waals surface area contributed by atoms with Gasteiger partial charge in [-0.2, -0.15) is 0 Å². The van der Waals surface area contributed by atoms with Crippen molar-refractivity contribution in [2.24, 2.45) is 0 Å². The fourth-order valence-electron chi connectivity index (χ4n) is 2.26. The highest BCUT2D eigenvalue weighted by atomic mass is 16.1. The summed E-state index contributed by atoms with van der Waals surface area (Å²) in [7, 11) is 4.16. The van der Waals surface area contributed by atoms with Gasteiger partial charge in [-0.15, -0.1) is 0 Å². The first-order chi connectivity index (χ1) is 9.18. The summed E-state index contributed by atoms with van der Waals surface area (Å²) in [5.74, 6) is 0.126. The molecule has 2 rings (SSSR count). The summed E-state index contributed by atoms with van der Waals surface area (Å²) in [5, 5.41) is 0. The molecular weight excluding hydrogens is 234 g/mol. The van der Waals surface area contributed by atoms with Gasteiger partial charge in [-0.25, -0.2) is 0 Å². The second kappa shape index (κ2) is 6.30. The number of hydrogen-bond acceptors (Lipinski definition) is 1. The third-order valence-corrected chi connectivity index (χ3v) is 3.19. The highest BCUT2D eigenvalue weighted by Crippen LogP contribution is 2.19. The number of Topliss-reactive ketones (excluding diaryl/α,β-unsaturated/α-hetero) is 1. The minimum Gasteiger partial charge on any atom is -0.339 e. The Hall–Kier alpha value is -1.93. The summed E-state index contributed by atoms with van der Waals surface area (Å²) in [6.07, 6.45) is 0. The topological polar surface area (TPSA) is 21.5 Å². The Balaban J connectivity index is 2.31. The summed E-state index contributed by atoms with van der Waals surface area (Å²) < 4.78 is 0. The van der Waals surface area contributed by atoms with E-state index in [1.54, 1.807) is 0 Å². The van der Waals surface area contributed by atoms with E-state index in [0.717, 1.165) is 17.7 Å². The van der Waals surface area contributed by atoms with Crippen LogP contribution in [-0.4, -0.2) is 26.4 Å². The molecule has 0 amide bonds. The van der Waals surface area contributed by atoms with Gasteiger partial charge in [0.15, 0.2) is 5.78 Å². The monoisotopic (exact) mass is 254 g/mol. The van der Waals surface area contributed by atoms with Gasteiger partial charge in [-0.05, 0) is 5.56 Å². The fraction of sp³-hybridized carbons (Fsp3) is 0.235. The Morgan fingerprint density at radius 1 is 0.947 bits per heavy atom. The summed E-state index contributed by atoms with van der Waals surface area (Å²) in [6.45, 7) is 0.803. The Labute approximate surface area is 114 Å². The minimum absolute atomic E-state index is 0.0754. The molecule has 19 heavy (non-hydrogen) atoms. The highest BCUT2D eigenvalue weighted by Gasteiger charge is 2.24. The van der Waals surface area contributed by atoms with Gasteiger partial charge in [0.25, 0.3) is 0 Å². The zero-order chi connectivity index (χ0) is 13.7. The molecule has 0 saturated carbocycles. The zero-order valence-electron chi connectivity index (χ0n) is 11.5. The van der Waals surface area contributed by atoms with Crippen LogP contribution in [0.1, 0.15) is 21.8 Å². The van der Waals surface area contributed by atoms with Gasteiger partial charge in [0, 0.05) is 5.56 Å². The van der Waals surface area contributed by atoms with Crippen molar-refractivity contribution in [1.29, 1.82) is 0 Å². The molecule has 0 radical (unpaired) electrons. The second-order valence-electron chi connectivity index (χ2n) is 5.10. The van der Waals surface area contributed by atoms with Crippen molar-refractivity contribution < 1.29 is 9.69 Å². The third-order valence-electron chi connectivity index (χ3n) is 3.19. The molecule has 2 heteroatoms. The molecule has 1 atom stereocenters. The largest absolute Gasteiger partial charge is 0.339 e. The molecule has 2 nitrogen and oxygen atoms in total. The maximum absolute atomic E-state index is 12.7. The van der Waals surface area contributed by atoms with E-state index in [1.165, 1.54) is 4.90 Å². The number of ketones is 1. The van der Waals surface area contributed by atoms with E-state index in [1.807, 2.05) is 60.7 Å². The van der Waals surface area contributed by atoms with Crippen LogP contribution in [0.2, 0.25) is 0 Å². The van der Waals surface area contributed by atoms with Crippen LogP contribution in [0.25, 0.3) is 0 Å². The van der Waals surface area contributed by atoms with Gasteiger partial charge in [0.05, 0.1) is 26.6 Å². The molecule has 2 aromatic rings. The van der Waals surface area contributed by atoms with Gasteiger partial charge in [-0.1, -0.05) is 60.7 Å². The maximum atomic E-state index is 12.7. The first-order valence-corrected chi connectivity index (χ1v) is 6.61. The molecule has 2 aromatic carbocycles. The van der Waals surface area contributed by atoms with Crippen molar-refractivity contribution in [3.8, 4) is 0 Å². The van der Waals surface area contributed by atoms with Crippen molar-refractivity contribution in [3.05, 3.63) is 71.8 Å². The molecule has 98 valence electrons. The van der Waals surface area contributed by atoms with Crippen LogP contribution in [0.4, 0.5) is 0 Å². The molecule has 1 N–H and O–H groups in total. The van der Waals surface area contributed by atoms with E-state index in [0.29, 0.717) is 0 Å². The molecule has 0 saturated heterocycles. The third kappa shape index (κ3) is 3.52. The lowest BCUT2D eigenvalue weighted by Crippen LogP contribution is -3.06. The van der Waals surface area contributed by atoms with E-state index < -0.39 is 0 Å². The molecule has 0 heterocycles. The molecule has 0 aliphatic rings. The van der Waals surface area contributed by atoms with E-state index in [4.69, 9.17) is 0 Å². The standard InChI is InChI=1S/C17H19NO/c1-18(2)13-16(14-9-5-3-6-10-14)17(19)15-11-7-4-8-12-15/h3-12,16H,13H2,1-2H3/p+1/t16-/m1/s1. The van der Waals surface area contributed by atoms with Crippen molar-refractivity contribution >= 4 is 5.78 Å². The molecule has 0 spiro atoms. The van der Waals surface area contributed by atoms with Gasteiger partial charge in [0.1, 0.15) is 0 Å². The van der Waals surface area contributed by atoms with Crippen LogP contribution in [0.5, 0.6) is 0 Å². The van der Waals surface area contributed by atoms with Gasteiger partial charge < -0.3 is 4.90 Å². The number of benzene rings is 2. The average Bonchev–Trinajstić information content (AvgIpc) is 2.46. The predicted molar refractivity (Wildman–Crippen MR) is 77.6 cm³/mol. The lowest BCUT2D eigenvalue weighted by molar-refractivity contribution is -0.858. The lowest BCUT2D eigenvalue weighted by Gasteiger charge is -2.18. The van der Waals surface area contributed by atoms with Crippen molar-refractivity contribution in [2.45, 2.75) is 5.92 Å².